The van der Waals surface area contributed by atoms with Crippen LogP contribution in [0.3, 0.4) is 0 Å². The number of thiazole rings is 1. The number of aryl methyl sites for hydroxylation is 1. The van der Waals surface area contributed by atoms with Crippen LogP contribution < -0.4 is 5.73 Å². The molecule has 0 unspecified atom stereocenters. The van der Waals surface area contributed by atoms with Crippen LogP contribution in [0.2, 0.25) is 0 Å². The molecule has 0 spiro atoms. The van der Waals surface area contributed by atoms with Crippen LogP contribution in [0.1, 0.15) is 23.7 Å². The Labute approximate surface area is 128 Å². The molecule has 0 atom stereocenters. The predicted octanol–water partition coefficient (Wildman–Crippen LogP) is 1.67. The van der Waals surface area contributed by atoms with Crippen molar-refractivity contribution in [3.8, 4) is 0 Å². The molecule has 0 fully saturated rings. The Morgan fingerprint density at radius 2 is 2.19 bits per heavy atom. The Kier molecular flexibility index (Phi) is 4.32. The van der Waals surface area contributed by atoms with Crippen molar-refractivity contribution in [3.63, 3.8) is 0 Å². The van der Waals surface area contributed by atoms with E-state index in [0.29, 0.717) is 12.2 Å². The van der Waals surface area contributed by atoms with Crippen LogP contribution in [-0.4, -0.2) is 39.2 Å². The van der Waals surface area contributed by atoms with Gasteiger partial charge in [-0.2, -0.15) is 5.10 Å². The lowest BCUT2D eigenvalue weighted by molar-refractivity contribution is -0.138. The number of hydrogen-bond donors (Lipinski definition) is 1. The number of carbonyl (C=O) groups is 1. The molecule has 6 nitrogen and oxygen atoms in total. The highest BCUT2D eigenvalue weighted by Gasteiger charge is 2.33. The molecule has 2 aromatic rings. The fraction of sp³-hybridized carbons (Fsp3) is 0.500. The number of likely N-dealkylation sites (N-methyl/N-ethyl adjacent to an activating group) is 1. The largest absolute Gasteiger partial charge is 0.396 e. The van der Waals surface area contributed by atoms with E-state index in [4.69, 9.17) is 5.73 Å². The summed E-state index contributed by atoms with van der Waals surface area (Å²) < 4.78 is 1.61. The summed E-state index contributed by atoms with van der Waals surface area (Å²) in [4.78, 5) is 19.8. The Balaban J connectivity index is 2.01. The summed E-state index contributed by atoms with van der Waals surface area (Å²) in [5.41, 5.74) is 5.47. The third-order valence-corrected chi connectivity index (χ3v) is 4.35. The predicted molar refractivity (Wildman–Crippen MR) is 84.2 cm³/mol. The van der Waals surface area contributed by atoms with E-state index in [9.17, 15) is 4.79 Å². The molecular weight excluding hydrogens is 286 g/mol. The first-order chi connectivity index (χ1) is 9.80. The monoisotopic (exact) mass is 307 g/mol. The zero-order valence-electron chi connectivity index (χ0n) is 12.8. The van der Waals surface area contributed by atoms with E-state index in [1.54, 1.807) is 40.4 Å². The number of hydrogen-bond acceptors (Lipinski definition) is 5. The normalized spacial score (nSPS) is 11.6. The Morgan fingerprint density at radius 3 is 2.71 bits per heavy atom. The van der Waals surface area contributed by atoms with E-state index in [-0.39, 0.29) is 5.91 Å². The third kappa shape index (κ3) is 3.41. The number of amides is 1. The first-order valence-electron chi connectivity index (χ1n) is 6.78. The van der Waals surface area contributed by atoms with Crippen LogP contribution in [0.4, 0.5) is 5.69 Å². The maximum Gasteiger partial charge on any atom is 0.249 e. The lowest BCUT2D eigenvalue weighted by Gasteiger charge is -2.29. The van der Waals surface area contributed by atoms with E-state index >= 15 is 0 Å². The van der Waals surface area contributed by atoms with E-state index in [1.165, 1.54) is 4.88 Å². The number of aromatic nitrogens is 3. The van der Waals surface area contributed by atoms with Crippen molar-refractivity contribution in [1.82, 2.24) is 19.7 Å². The standard InChI is InChI=1S/C14H21N5OS/c1-10-7-16-12(21-10)5-6-18(4)13(20)14(2,3)19-9-11(15)8-17-19/h7-9H,5-6,15H2,1-4H3. The number of nitrogens with two attached hydrogens (primary N) is 1. The molecule has 0 aliphatic rings. The molecule has 0 saturated carbocycles. The molecular formula is C14H21N5OS. The summed E-state index contributed by atoms with van der Waals surface area (Å²) in [6.45, 7) is 6.34. The molecule has 21 heavy (non-hydrogen) atoms. The number of rotatable bonds is 5. The topological polar surface area (TPSA) is 77.0 Å². The van der Waals surface area contributed by atoms with Gasteiger partial charge in [-0.05, 0) is 20.8 Å². The van der Waals surface area contributed by atoms with Gasteiger partial charge in [0.05, 0.1) is 16.9 Å². The number of carbonyl (C=O) groups excluding carboxylic acids is 1. The van der Waals surface area contributed by atoms with Crippen molar-refractivity contribution in [2.24, 2.45) is 0 Å². The van der Waals surface area contributed by atoms with Crippen LogP contribution >= 0.6 is 11.3 Å². The molecule has 2 heterocycles. The molecule has 1 amide bonds. The number of nitrogen functional groups attached to an aromatic ring is 1. The molecule has 2 N–H and O–H groups in total. The van der Waals surface area contributed by atoms with Crippen molar-refractivity contribution < 1.29 is 4.79 Å². The van der Waals surface area contributed by atoms with Crippen molar-refractivity contribution in [2.45, 2.75) is 32.7 Å². The van der Waals surface area contributed by atoms with Gasteiger partial charge in [-0.25, -0.2) is 4.98 Å². The van der Waals surface area contributed by atoms with Crippen molar-refractivity contribution >= 4 is 22.9 Å². The smallest absolute Gasteiger partial charge is 0.249 e. The van der Waals surface area contributed by atoms with Gasteiger partial charge in [0.15, 0.2) is 0 Å². The SMILES string of the molecule is Cc1cnc(CCN(C)C(=O)C(C)(C)n2cc(N)cn2)s1. The van der Waals surface area contributed by atoms with Crippen molar-refractivity contribution in [1.29, 1.82) is 0 Å². The first-order valence-corrected chi connectivity index (χ1v) is 7.60. The number of anilines is 1. The molecule has 0 saturated heterocycles. The van der Waals surface area contributed by atoms with Crippen molar-refractivity contribution in [2.75, 3.05) is 19.3 Å². The molecule has 114 valence electrons. The molecule has 0 aliphatic carbocycles. The lowest BCUT2D eigenvalue weighted by atomic mass is 10.0. The summed E-state index contributed by atoms with van der Waals surface area (Å²) in [6, 6.07) is 0. The molecule has 2 rings (SSSR count). The van der Waals surface area contributed by atoms with Crippen molar-refractivity contribution in [3.05, 3.63) is 28.5 Å². The summed E-state index contributed by atoms with van der Waals surface area (Å²) >= 11 is 1.67. The zero-order valence-corrected chi connectivity index (χ0v) is 13.6. The van der Waals surface area contributed by atoms with Gasteiger partial charge < -0.3 is 10.6 Å². The number of nitrogens with zero attached hydrogens (tertiary/aromatic N) is 4. The van der Waals surface area contributed by atoms with E-state index in [1.807, 2.05) is 27.0 Å². The summed E-state index contributed by atoms with van der Waals surface area (Å²) in [5.74, 6) is -0.00104. The quantitative estimate of drug-likeness (QED) is 0.911. The summed E-state index contributed by atoms with van der Waals surface area (Å²) in [7, 11) is 1.80. The third-order valence-electron chi connectivity index (χ3n) is 3.38. The second-order valence-electron chi connectivity index (χ2n) is 5.62. The van der Waals surface area contributed by atoms with Gasteiger partial charge in [0, 0.05) is 37.3 Å². The minimum atomic E-state index is -0.759. The van der Waals surface area contributed by atoms with Gasteiger partial charge in [-0.3, -0.25) is 9.48 Å². The van der Waals surface area contributed by atoms with Gasteiger partial charge in [-0.1, -0.05) is 0 Å². The Bertz CT molecular complexity index is 631. The van der Waals surface area contributed by atoms with Gasteiger partial charge in [-0.15, -0.1) is 11.3 Å². The maximum absolute atomic E-state index is 12.6. The van der Waals surface area contributed by atoms with E-state index < -0.39 is 5.54 Å². The summed E-state index contributed by atoms with van der Waals surface area (Å²) in [5, 5.41) is 5.20. The van der Waals surface area contributed by atoms with Gasteiger partial charge in [0.25, 0.3) is 0 Å². The summed E-state index contributed by atoms with van der Waals surface area (Å²) in [6.07, 6.45) is 5.85. The molecule has 0 radical (unpaired) electrons. The minimum absolute atomic E-state index is 0.00104. The van der Waals surface area contributed by atoms with E-state index in [2.05, 4.69) is 10.1 Å². The first kappa shape index (κ1) is 15.5. The average Bonchev–Trinajstić information content (AvgIpc) is 3.04. The highest BCUT2D eigenvalue weighted by Crippen LogP contribution is 2.19. The van der Waals surface area contributed by atoms with E-state index in [0.717, 1.165) is 11.4 Å². The second kappa shape index (κ2) is 5.85. The minimum Gasteiger partial charge on any atom is -0.396 e. The fourth-order valence-electron chi connectivity index (χ4n) is 2.09. The van der Waals surface area contributed by atoms with Crippen LogP contribution in [0, 0.1) is 6.92 Å². The molecule has 2 aromatic heterocycles. The highest BCUT2D eigenvalue weighted by atomic mass is 32.1. The maximum atomic E-state index is 12.6. The van der Waals surface area contributed by atoms with Crippen LogP contribution in [0.5, 0.6) is 0 Å². The van der Waals surface area contributed by atoms with Gasteiger partial charge >= 0.3 is 0 Å². The second-order valence-corrected chi connectivity index (χ2v) is 6.94. The lowest BCUT2D eigenvalue weighted by Crippen LogP contribution is -2.46. The van der Waals surface area contributed by atoms with Crippen LogP contribution in [0.15, 0.2) is 18.6 Å². The molecule has 0 aliphatic heterocycles. The molecule has 0 bridgehead atoms. The zero-order chi connectivity index (χ0) is 15.6. The average molecular weight is 307 g/mol. The Morgan fingerprint density at radius 1 is 1.48 bits per heavy atom. The van der Waals surface area contributed by atoms with Gasteiger partial charge in [0.1, 0.15) is 5.54 Å². The Hall–Kier alpha value is -1.89. The molecule has 0 aromatic carbocycles. The molecule has 7 heteroatoms. The van der Waals surface area contributed by atoms with Crippen LogP contribution in [-0.2, 0) is 16.8 Å². The van der Waals surface area contributed by atoms with Gasteiger partial charge in [0.2, 0.25) is 5.91 Å². The van der Waals surface area contributed by atoms with Crippen LogP contribution in [0.25, 0.3) is 0 Å². The fourth-order valence-corrected chi connectivity index (χ4v) is 2.87. The highest BCUT2D eigenvalue weighted by molar-refractivity contribution is 7.11.